The molecular weight excluding hydrogens is 474 g/mol. The molecule has 10 heteroatoms. The molecule has 1 aliphatic heterocycles. The van der Waals surface area contributed by atoms with Gasteiger partial charge in [0.2, 0.25) is 5.91 Å². The van der Waals surface area contributed by atoms with Crippen molar-refractivity contribution in [2.45, 2.75) is 19.0 Å². The van der Waals surface area contributed by atoms with Crippen molar-refractivity contribution >= 4 is 35.1 Å². The van der Waals surface area contributed by atoms with E-state index in [1.807, 2.05) is 62.3 Å². The van der Waals surface area contributed by atoms with Gasteiger partial charge in [-0.25, -0.2) is 4.79 Å². The van der Waals surface area contributed by atoms with E-state index >= 15 is 0 Å². The van der Waals surface area contributed by atoms with E-state index in [1.54, 1.807) is 29.2 Å². The molecule has 1 saturated heterocycles. The maximum atomic E-state index is 13.5. The van der Waals surface area contributed by atoms with Gasteiger partial charge in [0.15, 0.2) is 0 Å². The van der Waals surface area contributed by atoms with Gasteiger partial charge in [0.05, 0.1) is 13.7 Å². The monoisotopic (exact) mass is 509 g/mol. The Morgan fingerprint density at radius 3 is 1.78 bits per heavy atom. The van der Waals surface area contributed by atoms with Crippen molar-refractivity contribution < 1.29 is 23.9 Å². The van der Waals surface area contributed by atoms with Crippen LogP contribution in [0.2, 0.25) is 0 Å². The first-order valence-corrected chi connectivity index (χ1v) is 12.1. The number of esters is 1. The Morgan fingerprint density at radius 1 is 0.838 bits per heavy atom. The zero-order valence-corrected chi connectivity index (χ0v) is 22.2. The van der Waals surface area contributed by atoms with Crippen LogP contribution < -0.4 is 15.1 Å². The standard InChI is InChI=1S/C27H35N5O5/c1-18(27(36)37-6)28-24(33)23-17-31(25(34)19-7-11-21(12-8-19)29(2)3)15-16-32(23)26(35)20-9-13-22(14-10-20)30(4)5/h7-14,18,23H,15-17H2,1-6H3,(H,28,33)/t18-,23+/m1/s1. The highest BCUT2D eigenvalue weighted by atomic mass is 16.5. The summed E-state index contributed by atoms with van der Waals surface area (Å²) in [4.78, 5) is 58.8. The third-order valence-electron chi connectivity index (χ3n) is 6.41. The fourth-order valence-corrected chi connectivity index (χ4v) is 4.13. The van der Waals surface area contributed by atoms with Crippen molar-refractivity contribution in [1.82, 2.24) is 15.1 Å². The fourth-order valence-electron chi connectivity index (χ4n) is 4.13. The van der Waals surface area contributed by atoms with Gasteiger partial charge in [-0.1, -0.05) is 0 Å². The number of piperazine rings is 1. The number of ether oxygens (including phenoxy) is 1. The summed E-state index contributed by atoms with van der Waals surface area (Å²) >= 11 is 0. The highest BCUT2D eigenvalue weighted by Gasteiger charge is 2.38. The van der Waals surface area contributed by atoms with Gasteiger partial charge in [-0.2, -0.15) is 0 Å². The lowest BCUT2D eigenvalue weighted by molar-refractivity contribution is -0.145. The van der Waals surface area contributed by atoms with E-state index < -0.39 is 24.0 Å². The average Bonchev–Trinajstić information content (AvgIpc) is 2.91. The van der Waals surface area contributed by atoms with Crippen LogP contribution in [-0.4, -0.2) is 101 Å². The van der Waals surface area contributed by atoms with Crippen LogP contribution >= 0.6 is 0 Å². The zero-order chi connectivity index (χ0) is 27.3. The number of rotatable bonds is 7. The van der Waals surface area contributed by atoms with Crippen LogP contribution in [0.3, 0.4) is 0 Å². The van der Waals surface area contributed by atoms with Crippen molar-refractivity contribution in [3.8, 4) is 0 Å². The summed E-state index contributed by atoms with van der Waals surface area (Å²) in [5.74, 6) is -1.68. The Bertz CT molecular complexity index is 1130. The molecule has 2 atom stereocenters. The maximum absolute atomic E-state index is 13.5. The average molecular weight is 510 g/mol. The predicted molar refractivity (Wildman–Crippen MR) is 142 cm³/mol. The van der Waals surface area contributed by atoms with Crippen LogP contribution in [-0.2, 0) is 14.3 Å². The molecule has 3 rings (SSSR count). The van der Waals surface area contributed by atoms with Gasteiger partial charge < -0.3 is 29.7 Å². The molecule has 0 spiro atoms. The maximum Gasteiger partial charge on any atom is 0.328 e. The SMILES string of the molecule is COC(=O)[C@@H](C)NC(=O)[C@@H]1CN(C(=O)c2ccc(N(C)C)cc2)CCN1C(=O)c1ccc(N(C)C)cc1. The molecule has 0 radical (unpaired) electrons. The fraction of sp³-hybridized carbons (Fsp3) is 0.407. The van der Waals surface area contributed by atoms with Gasteiger partial charge in [-0.3, -0.25) is 14.4 Å². The Kier molecular flexibility index (Phi) is 8.75. The molecule has 198 valence electrons. The number of hydrogen-bond donors (Lipinski definition) is 1. The van der Waals surface area contributed by atoms with E-state index in [2.05, 4.69) is 5.32 Å². The molecule has 2 aromatic carbocycles. The van der Waals surface area contributed by atoms with Crippen molar-refractivity contribution in [2.24, 2.45) is 0 Å². The van der Waals surface area contributed by atoms with Crippen LogP contribution in [0.25, 0.3) is 0 Å². The van der Waals surface area contributed by atoms with Crippen LogP contribution in [0.5, 0.6) is 0 Å². The number of benzene rings is 2. The number of carbonyl (C=O) groups is 4. The lowest BCUT2D eigenvalue weighted by Crippen LogP contribution is -2.62. The smallest absolute Gasteiger partial charge is 0.328 e. The summed E-state index contributed by atoms with van der Waals surface area (Å²) in [7, 11) is 8.88. The number of hydrogen-bond acceptors (Lipinski definition) is 7. The Balaban J connectivity index is 1.84. The highest BCUT2D eigenvalue weighted by Crippen LogP contribution is 2.20. The second-order valence-electron chi connectivity index (χ2n) is 9.40. The molecule has 0 bridgehead atoms. The summed E-state index contributed by atoms with van der Waals surface area (Å²) in [6.07, 6.45) is 0. The topological polar surface area (TPSA) is 102 Å². The van der Waals surface area contributed by atoms with Crippen LogP contribution in [0.4, 0.5) is 11.4 Å². The van der Waals surface area contributed by atoms with Gasteiger partial charge >= 0.3 is 5.97 Å². The van der Waals surface area contributed by atoms with Crippen molar-refractivity contribution in [2.75, 3.05) is 64.7 Å². The minimum Gasteiger partial charge on any atom is -0.467 e. The lowest BCUT2D eigenvalue weighted by Gasteiger charge is -2.41. The number of carbonyl (C=O) groups excluding carboxylic acids is 4. The second-order valence-corrected chi connectivity index (χ2v) is 9.40. The van der Waals surface area contributed by atoms with Gasteiger partial charge in [0, 0.05) is 63.8 Å². The third-order valence-corrected chi connectivity index (χ3v) is 6.41. The highest BCUT2D eigenvalue weighted by molar-refractivity contribution is 6.00. The summed E-state index contributed by atoms with van der Waals surface area (Å²) < 4.78 is 4.71. The first-order chi connectivity index (χ1) is 17.5. The molecule has 37 heavy (non-hydrogen) atoms. The summed E-state index contributed by atoms with van der Waals surface area (Å²) in [5, 5.41) is 2.62. The Morgan fingerprint density at radius 2 is 1.32 bits per heavy atom. The van der Waals surface area contributed by atoms with Crippen molar-refractivity contribution in [1.29, 1.82) is 0 Å². The van der Waals surface area contributed by atoms with E-state index in [9.17, 15) is 19.2 Å². The van der Waals surface area contributed by atoms with Crippen LogP contribution in [0.1, 0.15) is 27.6 Å². The molecule has 0 unspecified atom stereocenters. The van der Waals surface area contributed by atoms with Crippen LogP contribution in [0.15, 0.2) is 48.5 Å². The number of methoxy groups -OCH3 is 1. The van der Waals surface area contributed by atoms with Crippen molar-refractivity contribution in [3.05, 3.63) is 59.7 Å². The molecule has 0 saturated carbocycles. The normalized spacial score (nSPS) is 16.0. The quantitative estimate of drug-likeness (QED) is 0.564. The van der Waals surface area contributed by atoms with Gasteiger partial charge in [0.1, 0.15) is 12.1 Å². The molecule has 1 N–H and O–H groups in total. The number of nitrogens with zero attached hydrogens (tertiary/aromatic N) is 4. The largest absolute Gasteiger partial charge is 0.467 e. The first-order valence-electron chi connectivity index (χ1n) is 12.1. The summed E-state index contributed by atoms with van der Waals surface area (Å²) in [6.45, 7) is 1.94. The Labute approximate surface area is 217 Å². The summed E-state index contributed by atoms with van der Waals surface area (Å²) in [6, 6.07) is 12.4. The van der Waals surface area contributed by atoms with E-state index in [-0.39, 0.29) is 31.4 Å². The number of anilines is 2. The molecule has 1 heterocycles. The molecule has 0 aromatic heterocycles. The molecule has 2 aromatic rings. The van der Waals surface area contributed by atoms with Crippen molar-refractivity contribution in [3.63, 3.8) is 0 Å². The minimum absolute atomic E-state index is 0.00445. The Hall–Kier alpha value is -4.08. The third kappa shape index (κ3) is 6.38. The van der Waals surface area contributed by atoms with Gasteiger partial charge in [-0.15, -0.1) is 0 Å². The molecule has 3 amide bonds. The first kappa shape index (κ1) is 27.5. The van der Waals surface area contributed by atoms with E-state index in [0.717, 1.165) is 11.4 Å². The molecule has 1 fully saturated rings. The van der Waals surface area contributed by atoms with E-state index in [0.29, 0.717) is 11.1 Å². The summed E-state index contributed by atoms with van der Waals surface area (Å²) in [5.41, 5.74) is 2.82. The molecular formula is C27H35N5O5. The van der Waals surface area contributed by atoms with E-state index in [1.165, 1.54) is 18.9 Å². The second kappa shape index (κ2) is 11.8. The number of amides is 3. The van der Waals surface area contributed by atoms with Gasteiger partial charge in [0.25, 0.3) is 11.8 Å². The zero-order valence-electron chi connectivity index (χ0n) is 22.2. The predicted octanol–water partition coefficient (Wildman–Crippen LogP) is 1.46. The van der Waals surface area contributed by atoms with Gasteiger partial charge in [-0.05, 0) is 55.5 Å². The lowest BCUT2D eigenvalue weighted by atomic mass is 10.1. The minimum atomic E-state index is -0.980. The number of nitrogens with one attached hydrogen (secondary N) is 1. The molecule has 10 nitrogen and oxygen atoms in total. The van der Waals surface area contributed by atoms with Crippen LogP contribution in [0, 0.1) is 0 Å². The molecule has 1 aliphatic rings. The molecule has 0 aliphatic carbocycles. The van der Waals surface area contributed by atoms with E-state index in [4.69, 9.17) is 4.74 Å².